The Kier molecular flexibility index (Phi) is 14.8. The van der Waals surface area contributed by atoms with Crippen LogP contribution in [0.3, 0.4) is 0 Å². The van der Waals surface area contributed by atoms with Crippen molar-refractivity contribution in [2.45, 2.75) is 52.0 Å². The molecule has 9 heteroatoms. The van der Waals surface area contributed by atoms with Gasteiger partial charge < -0.3 is 25.4 Å². The second-order valence-corrected chi connectivity index (χ2v) is 4.42. The predicted octanol–water partition coefficient (Wildman–Crippen LogP) is 0.546. The van der Waals surface area contributed by atoms with Gasteiger partial charge in [0.1, 0.15) is 0 Å². The zero-order chi connectivity index (χ0) is 18.3. The molecule has 4 N–H and O–H groups in total. The van der Waals surface area contributed by atoms with E-state index in [1.165, 1.54) is 0 Å². The van der Waals surface area contributed by atoms with Crippen molar-refractivity contribution in [1.29, 1.82) is 0 Å². The van der Waals surface area contributed by atoms with Crippen LogP contribution in [0.15, 0.2) is 0 Å². The number of hydrogen-bond donors (Lipinski definition) is 3. The molecule has 0 aromatic heterocycles. The summed E-state index contributed by atoms with van der Waals surface area (Å²) < 4.78 is 9.37. The molecule has 0 aliphatic rings. The lowest BCUT2D eigenvalue weighted by molar-refractivity contribution is -0.146. The molecule has 0 aromatic rings. The maximum Gasteiger partial charge on any atom is 0.307 e. The van der Waals surface area contributed by atoms with Crippen LogP contribution in [0.25, 0.3) is 0 Å². The minimum absolute atomic E-state index is 0.0483. The summed E-state index contributed by atoms with van der Waals surface area (Å²) in [6.07, 6.45) is 0.183. The van der Waals surface area contributed by atoms with E-state index in [0.29, 0.717) is 13.2 Å². The maximum atomic E-state index is 10.9. The van der Waals surface area contributed by atoms with Crippen LogP contribution in [0.2, 0.25) is 0 Å². The SMILES string of the molecule is CCOC(=O)CC(N)CC(=O)OCC.O=C(O)CCCC(=O)O. The molecule has 0 aliphatic heterocycles. The molecule has 0 bridgehead atoms. The number of aliphatic carboxylic acids is 2. The molecule has 0 rings (SSSR count). The van der Waals surface area contributed by atoms with Crippen LogP contribution in [0.4, 0.5) is 0 Å². The molecule has 23 heavy (non-hydrogen) atoms. The summed E-state index contributed by atoms with van der Waals surface area (Å²) in [4.78, 5) is 41.5. The Morgan fingerprint density at radius 2 is 1.22 bits per heavy atom. The van der Waals surface area contributed by atoms with E-state index in [-0.39, 0.29) is 44.0 Å². The van der Waals surface area contributed by atoms with Gasteiger partial charge in [0.2, 0.25) is 0 Å². The molecule has 134 valence electrons. The highest BCUT2D eigenvalue weighted by molar-refractivity contribution is 5.74. The predicted molar refractivity (Wildman–Crippen MR) is 79.6 cm³/mol. The molecule has 0 amide bonds. The Bertz CT molecular complexity index is 349. The molecule has 0 atom stereocenters. The second-order valence-electron chi connectivity index (χ2n) is 4.42. The fourth-order valence-electron chi connectivity index (χ4n) is 1.33. The quantitative estimate of drug-likeness (QED) is 0.485. The highest BCUT2D eigenvalue weighted by Gasteiger charge is 2.14. The van der Waals surface area contributed by atoms with E-state index < -0.39 is 18.0 Å². The van der Waals surface area contributed by atoms with Crippen molar-refractivity contribution in [3.63, 3.8) is 0 Å². The van der Waals surface area contributed by atoms with Gasteiger partial charge in [0, 0.05) is 18.9 Å². The summed E-state index contributed by atoms with van der Waals surface area (Å²) in [7, 11) is 0. The molecule has 0 saturated carbocycles. The van der Waals surface area contributed by atoms with Crippen LogP contribution in [-0.2, 0) is 28.7 Å². The first-order valence-corrected chi connectivity index (χ1v) is 7.23. The summed E-state index contributed by atoms with van der Waals surface area (Å²) in [5.74, 6) is -2.67. The third-order valence-corrected chi connectivity index (χ3v) is 2.25. The average molecular weight is 335 g/mol. The molecular weight excluding hydrogens is 310 g/mol. The highest BCUT2D eigenvalue weighted by Crippen LogP contribution is 1.99. The summed E-state index contributed by atoms with van der Waals surface area (Å²) in [5.41, 5.74) is 5.53. The number of carboxylic acid groups (broad SMARTS) is 2. The second kappa shape index (κ2) is 14.8. The van der Waals surface area contributed by atoms with Crippen molar-refractivity contribution < 1.29 is 38.9 Å². The van der Waals surface area contributed by atoms with Crippen LogP contribution < -0.4 is 5.73 Å². The molecule has 0 unspecified atom stereocenters. The standard InChI is InChI=1S/C9H17NO4.C5H8O4/c1-3-13-8(11)5-7(10)6-9(12)14-4-2;6-4(7)2-1-3-5(8)9/h7H,3-6,10H2,1-2H3;1-3H2,(H,6,7)(H,8,9). The van der Waals surface area contributed by atoms with E-state index in [1.54, 1.807) is 13.8 Å². The number of carbonyl (C=O) groups is 4. The van der Waals surface area contributed by atoms with E-state index in [1.807, 2.05) is 0 Å². The summed E-state index contributed by atoms with van der Waals surface area (Å²) in [5, 5.41) is 16.1. The molecule has 0 fully saturated rings. The van der Waals surface area contributed by atoms with Crippen LogP contribution in [-0.4, -0.2) is 53.3 Å². The van der Waals surface area contributed by atoms with Gasteiger partial charge in [-0.15, -0.1) is 0 Å². The van der Waals surface area contributed by atoms with Gasteiger partial charge in [-0.25, -0.2) is 0 Å². The Morgan fingerprint density at radius 1 is 0.870 bits per heavy atom. The molecule has 0 radical (unpaired) electrons. The summed E-state index contributed by atoms with van der Waals surface area (Å²) >= 11 is 0. The van der Waals surface area contributed by atoms with E-state index in [0.717, 1.165) is 0 Å². The van der Waals surface area contributed by atoms with Gasteiger partial charge in [0.25, 0.3) is 0 Å². The van der Waals surface area contributed by atoms with Gasteiger partial charge in [-0.1, -0.05) is 0 Å². The molecule has 0 aromatic carbocycles. The van der Waals surface area contributed by atoms with E-state index in [9.17, 15) is 19.2 Å². The van der Waals surface area contributed by atoms with Gasteiger partial charge >= 0.3 is 23.9 Å². The van der Waals surface area contributed by atoms with Gasteiger partial charge in [0.05, 0.1) is 26.1 Å². The lowest BCUT2D eigenvalue weighted by Gasteiger charge is -2.09. The number of rotatable bonds is 10. The minimum atomic E-state index is -0.948. The number of nitrogens with two attached hydrogens (primary N) is 1. The van der Waals surface area contributed by atoms with Crippen molar-refractivity contribution in [3.8, 4) is 0 Å². The zero-order valence-electron chi connectivity index (χ0n) is 13.4. The van der Waals surface area contributed by atoms with Gasteiger partial charge in [-0.2, -0.15) is 0 Å². The van der Waals surface area contributed by atoms with E-state index in [4.69, 9.17) is 15.9 Å². The van der Waals surface area contributed by atoms with Gasteiger partial charge in [-0.3, -0.25) is 19.2 Å². The van der Waals surface area contributed by atoms with Crippen molar-refractivity contribution in [2.24, 2.45) is 5.73 Å². The zero-order valence-corrected chi connectivity index (χ0v) is 13.4. The maximum absolute atomic E-state index is 10.9. The first-order chi connectivity index (χ1) is 10.7. The smallest absolute Gasteiger partial charge is 0.307 e. The summed E-state index contributed by atoms with van der Waals surface area (Å²) in [6, 6.07) is -0.520. The first-order valence-electron chi connectivity index (χ1n) is 7.23. The fourth-order valence-corrected chi connectivity index (χ4v) is 1.33. The monoisotopic (exact) mass is 335 g/mol. The number of ether oxygens (including phenoxy) is 2. The largest absolute Gasteiger partial charge is 0.481 e. The third kappa shape index (κ3) is 19.8. The molecular formula is C14H25NO8. The molecule has 0 aliphatic carbocycles. The minimum Gasteiger partial charge on any atom is -0.481 e. The van der Waals surface area contributed by atoms with Crippen molar-refractivity contribution in [2.75, 3.05) is 13.2 Å². The van der Waals surface area contributed by atoms with E-state index in [2.05, 4.69) is 9.47 Å². The average Bonchev–Trinajstić information content (AvgIpc) is 2.38. The van der Waals surface area contributed by atoms with Crippen molar-refractivity contribution in [1.82, 2.24) is 0 Å². The van der Waals surface area contributed by atoms with Crippen LogP contribution in [0, 0.1) is 0 Å². The lowest BCUT2D eigenvalue weighted by atomic mass is 10.1. The normalized spacial score (nSPS) is 9.57. The molecule has 0 heterocycles. The topological polar surface area (TPSA) is 153 Å². The Balaban J connectivity index is 0. The molecule has 0 saturated heterocycles. The van der Waals surface area contributed by atoms with Crippen molar-refractivity contribution >= 4 is 23.9 Å². The van der Waals surface area contributed by atoms with Crippen LogP contribution >= 0.6 is 0 Å². The summed E-state index contributed by atoms with van der Waals surface area (Å²) in [6.45, 7) is 4.08. The number of carbonyl (C=O) groups excluding carboxylic acids is 2. The Morgan fingerprint density at radius 3 is 1.48 bits per heavy atom. The van der Waals surface area contributed by atoms with Crippen molar-refractivity contribution in [3.05, 3.63) is 0 Å². The fraction of sp³-hybridized carbons (Fsp3) is 0.714. The highest BCUT2D eigenvalue weighted by atomic mass is 16.5. The Hall–Kier alpha value is -2.16. The number of esters is 2. The number of hydrogen-bond acceptors (Lipinski definition) is 7. The van der Waals surface area contributed by atoms with Gasteiger partial charge in [0.15, 0.2) is 0 Å². The number of carboxylic acids is 2. The van der Waals surface area contributed by atoms with E-state index >= 15 is 0 Å². The molecule has 0 spiro atoms. The van der Waals surface area contributed by atoms with Gasteiger partial charge in [-0.05, 0) is 20.3 Å². The first kappa shape index (κ1) is 23.1. The van der Waals surface area contributed by atoms with Crippen LogP contribution in [0.5, 0.6) is 0 Å². The van der Waals surface area contributed by atoms with Crippen LogP contribution in [0.1, 0.15) is 46.0 Å². The molecule has 9 nitrogen and oxygen atoms in total. The Labute approximate surface area is 134 Å². The third-order valence-electron chi connectivity index (χ3n) is 2.25. The lowest BCUT2D eigenvalue weighted by Crippen LogP contribution is -2.28.